The number of halogens is 2. The molecule has 1 N–H and O–H groups in total. The molecule has 2 aromatic carbocycles. The van der Waals surface area contributed by atoms with E-state index in [-0.39, 0.29) is 11.7 Å². The third kappa shape index (κ3) is 5.25. The minimum atomic E-state index is -0.711. The lowest BCUT2D eigenvalue weighted by Crippen LogP contribution is -2.39. The molecule has 3 nitrogen and oxygen atoms in total. The first-order valence-corrected chi connectivity index (χ1v) is 7.91. The van der Waals surface area contributed by atoms with Gasteiger partial charge in [0.05, 0.1) is 0 Å². The average molecular weight is 336 g/mol. The molecule has 0 aliphatic rings. The summed E-state index contributed by atoms with van der Waals surface area (Å²) in [7, 11) is 0. The van der Waals surface area contributed by atoms with E-state index in [0.29, 0.717) is 24.4 Å². The van der Waals surface area contributed by atoms with Gasteiger partial charge < -0.3 is 10.1 Å². The maximum atomic E-state index is 13.6. The Bertz CT molecular complexity index is 646. The first-order valence-electron chi connectivity index (χ1n) is 7.53. The predicted molar refractivity (Wildman–Crippen MR) is 89.3 cm³/mol. The average Bonchev–Trinajstić information content (AvgIpc) is 2.56. The molecule has 1 amide bonds. The summed E-state index contributed by atoms with van der Waals surface area (Å²) in [4.78, 5) is 12.2. The monoisotopic (exact) mass is 335 g/mol. The van der Waals surface area contributed by atoms with Gasteiger partial charge in [-0.2, -0.15) is 0 Å². The summed E-state index contributed by atoms with van der Waals surface area (Å²) in [6.07, 6.45) is 0.442. The molecular weight excluding hydrogens is 317 g/mol. The van der Waals surface area contributed by atoms with Crippen LogP contribution in [0.5, 0.6) is 5.75 Å². The summed E-state index contributed by atoms with van der Waals surface area (Å²) in [6.45, 7) is 2.31. The minimum Gasteiger partial charge on any atom is -0.478 e. The van der Waals surface area contributed by atoms with E-state index >= 15 is 0 Å². The minimum absolute atomic E-state index is 0.0900. The van der Waals surface area contributed by atoms with E-state index in [4.69, 9.17) is 16.3 Å². The van der Waals surface area contributed by atoms with Gasteiger partial charge >= 0.3 is 0 Å². The molecule has 2 aromatic rings. The second-order valence-corrected chi connectivity index (χ2v) is 5.55. The molecule has 2 rings (SSSR count). The molecule has 0 radical (unpaired) electrons. The second kappa shape index (κ2) is 8.53. The van der Waals surface area contributed by atoms with E-state index in [1.165, 1.54) is 12.1 Å². The number of rotatable bonds is 7. The van der Waals surface area contributed by atoms with E-state index < -0.39 is 11.9 Å². The maximum Gasteiger partial charge on any atom is 0.261 e. The third-order valence-electron chi connectivity index (χ3n) is 3.40. The zero-order valence-electron chi connectivity index (χ0n) is 12.9. The van der Waals surface area contributed by atoms with Crippen LogP contribution in [-0.2, 0) is 11.2 Å². The number of hydrogen-bond donors (Lipinski definition) is 1. The number of para-hydroxylation sites is 1. The molecule has 0 fully saturated rings. The van der Waals surface area contributed by atoms with Crippen LogP contribution in [0.4, 0.5) is 4.39 Å². The lowest BCUT2D eigenvalue weighted by atomic mass is 10.1. The summed E-state index contributed by atoms with van der Waals surface area (Å²) in [5.41, 5.74) is 1.08. The number of carbonyl (C=O) groups excluding carboxylic acids is 1. The van der Waals surface area contributed by atoms with Crippen LogP contribution >= 0.6 is 11.6 Å². The van der Waals surface area contributed by atoms with Crippen molar-refractivity contribution in [2.75, 3.05) is 6.54 Å². The topological polar surface area (TPSA) is 38.3 Å². The molecule has 122 valence electrons. The standard InChI is InChI=1S/C18H19ClFNO2/c1-2-16(23-17-6-4-3-5-15(17)20)18(22)21-12-11-13-7-9-14(19)10-8-13/h3-10,16H,2,11-12H2,1H3,(H,21,22)/t16-/m1/s1. The van der Waals surface area contributed by atoms with Crippen LogP contribution < -0.4 is 10.1 Å². The molecule has 0 bridgehead atoms. The summed E-state index contributed by atoms with van der Waals surface area (Å²) < 4.78 is 19.1. The van der Waals surface area contributed by atoms with E-state index in [9.17, 15) is 9.18 Å². The lowest BCUT2D eigenvalue weighted by molar-refractivity contribution is -0.128. The van der Waals surface area contributed by atoms with Crippen molar-refractivity contribution in [3.63, 3.8) is 0 Å². The van der Waals surface area contributed by atoms with Crippen LogP contribution in [0, 0.1) is 5.82 Å². The number of amides is 1. The molecule has 0 aliphatic heterocycles. The molecular formula is C18H19ClFNO2. The Morgan fingerprint density at radius 1 is 1.22 bits per heavy atom. The highest BCUT2D eigenvalue weighted by atomic mass is 35.5. The Balaban J connectivity index is 1.85. The van der Waals surface area contributed by atoms with Gasteiger partial charge in [0.1, 0.15) is 0 Å². The fourth-order valence-electron chi connectivity index (χ4n) is 2.11. The van der Waals surface area contributed by atoms with Gasteiger partial charge in [0.2, 0.25) is 0 Å². The van der Waals surface area contributed by atoms with Gasteiger partial charge in [-0.15, -0.1) is 0 Å². The van der Waals surface area contributed by atoms with Crippen molar-refractivity contribution >= 4 is 17.5 Å². The summed E-state index contributed by atoms with van der Waals surface area (Å²) in [6, 6.07) is 13.5. The Morgan fingerprint density at radius 2 is 1.91 bits per heavy atom. The Kier molecular flexibility index (Phi) is 6.41. The highest BCUT2D eigenvalue weighted by Crippen LogP contribution is 2.18. The van der Waals surface area contributed by atoms with Gasteiger partial charge in [-0.05, 0) is 42.7 Å². The van der Waals surface area contributed by atoms with Gasteiger partial charge in [0.15, 0.2) is 17.7 Å². The summed E-state index contributed by atoms with van der Waals surface area (Å²) in [5.74, 6) is -0.628. The fraction of sp³-hybridized carbons (Fsp3) is 0.278. The SMILES string of the molecule is CC[C@@H](Oc1ccccc1F)C(=O)NCCc1ccc(Cl)cc1. The maximum absolute atomic E-state index is 13.6. The largest absolute Gasteiger partial charge is 0.478 e. The van der Waals surface area contributed by atoms with Crippen molar-refractivity contribution < 1.29 is 13.9 Å². The molecule has 0 heterocycles. The molecule has 1 atom stereocenters. The molecule has 23 heavy (non-hydrogen) atoms. The number of hydrogen-bond acceptors (Lipinski definition) is 2. The van der Waals surface area contributed by atoms with Crippen LogP contribution in [0.1, 0.15) is 18.9 Å². The van der Waals surface area contributed by atoms with Crippen molar-refractivity contribution in [3.05, 3.63) is 64.9 Å². The molecule has 0 spiro atoms. The number of benzene rings is 2. The molecule has 0 unspecified atom stereocenters. The van der Waals surface area contributed by atoms with Gasteiger partial charge in [-0.25, -0.2) is 4.39 Å². The van der Waals surface area contributed by atoms with E-state index in [1.54, 1.807) is 12.1 Å². The molecule has 0 saturated carbocycles. The molecule has 5 heteroatoms. The zero-order valence-corrected chi connectivity index (χ0v) is 13.6. The van der Waals surface area contributed by atoms with Crippen LogP contribution in [-0.4, -0.2) is 18.6 Å². The van der Waals surface area contributed by atoms with Crippen molar-refractivity contribution in [1.29, 1.82) is 0 Å². The quantitative estimate of drug-likeness (QED) is 0.830. The van der Waals surface area contributed by atoms with Gasteiger partial charge in [-0.3, -0.25) is 4.79 Å². The smallest absolute Gasteiger partial charge is 0.261 e. The van der Waals surface area contributed by atoms with Crippen molar-refractivity contribution in [1.82, 2.24) is 5.32 Å². The second-order valence-electron chi connectivity index (χ2n) is 5.11. The lowest BCUT2D eigenvalue weighted by Gasteiger charge is -2.17. The van der Waals surface area contributed by atoms with Gasteiger partial charge in [0, 0.05) is 11.6 Å². The first kappa shape index (κ1) is 17.3. The highest BCUT2D eigenvalue weighted by molar-refractivity contribution is 6.30. The number of ether oxygens (including phenoxy) is 1. The summed E-state index contributed by atoms with van der Waals surface area (Å²) >= 11 is 5.83. The predicted octanol–water partition coefficient (Wildman–Crippen LogP) is 4.00. The van der Waals surface area contributed by atoms with E-state index in [0.717, 1.165) is 5.56 Å². The molecule has 0 saturated heterocycles. The summed E-state index contributed by atoms with van der Waals surface area (Å²) in [5, 5.41) is 3.50. The van der Waals surface area contributed by atoms with Gasteiger partial charge in [0.25, 0.3) is 5.91 Å². The molecule has 0 aromatic heterocycles. The number of nitrogens with one attached hydrogen (secondary N) is 1. The normalized spacial score (nSPS) is 11.8. The Morgan fingerprint density at radius 3 is 2.57 bits per heavy atom. The van der Waals surface area contributed by atoms with Crippen LogP contribution in [0.3, 0.4) is 0 Å². The zero-order chi connectivity index (χ0) is 16.7. The fourth-order valence-corrected chi connectivity index (χ4v) is 2.24. The number of carbonyl (C=O) groups is 1. The van der Waals surface area contributed by atoms with Crippen molar-refractivity contribution in [3.8, 4) is 5.75 Å². The Labute approximate surface area is 140 Å². The van der Waals surface area contributed by atoms with Crippen LogP contribution in [0.25, 0.3) is 0 Å². The van der Waals surface area contributed by atoms with Crippen molar-refractivity contribution in [2.45, 2.75) is 25.9 Å². The van der Waals surface area contributed by atoms with Crippen LogP contribution in [0.2, 0.25) is 5.02 Å². The first-order chi connectivity index (χ1) is 11.1. The molecule has 0 aliphatic carbocycles. The third-order valence-corrected chi connectivity index (χ3v) is 3.65. The highest BCUT2D eigenvalue weighted by Gasteiger charge is 2.19. The Hall–Kier alpha value is -2.07. The van der Waals surface area contributed by atoms with E-state index in [1.807, 2.05) is 31.2 Å². The van der Waals surface area contributed by atoms with Crippen molar-refractivity contribution in [2.24, 2.45) is 0 Å². The van der Waals surface area contributed by atoms with Crippen LogP contribution in [0.15, 0.2) is 48.5 Å². The van der Waals surface area contributed by atoms with E-state index in [2.05, 4.69) is 5.32 Å². The van der Waals surface area contributed by atoms with Gasteiger partial charge in [-0.1, -0.05) is 42.8 Å².